The zero-order chi connectivity index (χ0) is 13.5. The predicted octanol–water partition coefficient (Wildman–Crippen LogP) is 2.93. The Morgan fingerprint density at radius 1 is 1.50 bits per heavy atom. The maximum atomic E-state index is 11.6. The number of para-hydroxylation sites is 1. The van der Waals surface area contributed by atoms with Crippen molar-refractivity contribution in [3.8, 4) is 0 Å². The number of aliphatic hydroxyl groups excluding tert-OH is 1. The van der Waals surface area contributed by atoms with Gasteiger partial charge in [-0.05, 0) is 31.4 Å². The van der Waals surface area contributed by atoms with Crippen LogP contribution in [0.3, 0.4) is 0 Å². The molecule has 0 heterocycles. The Bertz CT molecular complexity index is 390. The van der Waals surface area contributed by atoms with Crippen LogP contribution < -0.4 is 10.6 Å². The molecule has 0 spiro atoms. The number of amides is 2. The molecule has 5 heteroatoms. The first-order valence-electron chi connectivity index (χ1n) is 6.02. The number of aryl methyl sites for hydroxylation is 1. The maximum Gasteiger partial charge on any atom is 0.319 e. The number of halogens is 1. The van der Waals surface area contributed by atoms with Crippen LogP contribution in [0.5, 0.6) is 0 Å². The highest BCUT2D eigenvalue weighted by molar-refractivity contribution is 6.33. The minimum Gasteiger partial charge on any atom is -0.393 e. The third-order valence-corrected chi connectivity index (χ3v) is 3.01. The van der Waals surface area contributed by atoms with Gasteiger partial charge in [0.05, 0.1) is 16.8 Å². The Morgan fingerprint density at radius 2 is 2.22 bits per heavy atom. The Hall–Kier alpha value is -1.26. The Morgan fingerprint density at radius 3 is 2.83 bits per heavy atom. The highest BCUT2D eigenvalue weighted by Crippen LogP contribution is 2.24. The number of aliphatic hydroxyl groups is 1. The first-order valence-corrected chi connectivity index (χ1v) is 6.40. The van der Waals surface area contributed by atoms with Crippen LogP contribution in [0.15, 0.2) is 18.2 Å². The van der Waals surface area contributed by atoms with Gasteiger partial charge in [0.25, 0.3) is 0 Å². The number of hydrogen-bond acceptors (Lipinski definition) is 2. The number of rotatable bonds is 5. The maximum absolute atomic E-state index is 11.6. The summed E-state index contributed by atoms with van der Waals surface area (Å²) in [6.45, 7) is 4.21. The Kier molecular flexibility index (Phi) is 5.95. The van der Waals surface area contributed by atoms with Gasteiger partial charge in [0.2, 0.25) is 0 Å². The van der Waals surface area contributed by atoms with Gasteiger partial charge in [-0.15, -0.1) is 0 Å². The normalized spacial score (nSPS) is 12.0. The molecule has 0 aliphatic rings. The minimum atomic E-state index is -0.368. The lowest BCUT2D eigenvalue weighted by molar-refractivity contribution is 0.160. The molecular weight excluding hydrogens is 252 g/mol. The molecule has 0 aliphatic carbocycles. The summed E-state index contributed by atoms with van der Waals surface area (Å²) in [5, 5.41) is 15.3. The lowest BCUT2D eigenvalue weighted by atomic mass is 10.2. The van der Waals surface area contributed by atoms with E-state index in [-0.39, 0.29) is 12.1 Å². The van der Waals surface area contributed by atoms with E-state index in [1.807, 2.05) is 26.0 Å². The first-order chi connectivity index (χ1) is 8.54. The minimum absolute atomic E-state index is 0.311. The van der Waals surface area contributed by atoms with Crippen LogP contribution in [-0.2, 0) is 0 Å². The Labute approximate surface area is 112 Å². The molecule has 1 atom stereocenters. The van der Waals surface area contributed by atoms with Crippen LogP contribution >= 0.6 is 11.6 Å². The molecule has 0 bridgehead atoms. The second-order valence-electron chi connectivity index (χ2n) is 4.16. The predicted molar refractivity (Wildman–Crippen MR) is 74.1 cm³/mol. The smallest absolute Gasteiger partial charge is 0.319 e. The summed E-state index contributed by atoms with van der Waals surface area (Å²) in [7, 11) is 0. The van der Waals surface area contributed by atoms with Crippen LogP contribution in [0.4, 0.5) is 10.5 Å². The van der Waals surface area contributed by atoms with Crippen molar-refractivity contribution < 1.29 is 9.90 Å². The van der Waals surface area contributed by atoms with Gasteiger partial charge in [0, 0.05) is 6.54 Å². The second-order valence-corrected chi connectivity index (χ2v) is 4.57. The fourth-order valence-electron chi connectivity index (χ4n) is 1.50. The molecular formula is C13H19ClN2O2. The summed E-state index contributed by atoms with van der Waals surface area (Å²) < 4.78 is 0. The van der Waals surface area contributed by atoms with Crippen LogP contribution in [0.1, 0.15) is 25.3 Å². The number of nitrogens with one attached hydrogen (secondary N) is 2. The van der Waals surface area contributed by atoms with Crippen molar-refractivity contribution in [1.82, 2.24) is 5.32 Å². The molecule has 0 aliphatic heterocycles. The van der Waals surface area contributed by atoms with Gasteiger partial charge in [-0.25, -0.2) is 4.79 Å². The van der Waals surface area contributed by atoms with E-state index in [0.29, 0.717) is 30.1 Å². The lowest BCUT2D eigenvalue weighted by Crippen LogP contribution is -2.31. The van der Waals surface area contributed by atoms with Crippen molar-refractivity contribution in [3.63, 3.8) is 0 Å². The topological polar surface area (TPSA) is 61.4 Å². The summed E-state index contributed by atoms with van der Waals surface area (Å²) in [6, 6.07) is 5.13. The number of carbonyl (C=O) groups is 1. The summed E-state index contributed by atoms with van der Waals surface area (Å²) in [5.74, 6) is 0. The van der Waals surface area contributed by atoms with Crippen LogP contribution in [-0.4, -0.2) is 23.8 Å². The fraction of sp³-hybridized carbons (Fsp3) is 0.462. The molecule has 1 aromatic rings. The fourth-order valence-corrected chi connectivity index (χ4v) is 1.77. The summed E-state index contributed by atoms with van der Waals surface area (Å²) >= 11 is 6.00. The van der Waals surface area contributed by atoms with Crippen molar-refractivity contribution in [2.24, 2.45) is 0 Å². The average molecular weight is 271 g/mol. The zero-order valence-electron chi connectivity index (χ0n) is 10.7. The molecule has 4 nitrogen and oxygen atoms in total. The largest absolute Gasteiger partial charge is 0.393 e. The number of hydrogen-bond donors (Lipinski definition) is 3. The molecule has 18 heavy (non-hydrogen) atoms. The van der Waals surface area contributed by atoms with E-state index in [2.05, 4.69) is 10.6 Å². The standard InChI is InChI=1S/C13H19ClN2O2/c1-3-10(17)7-8-15-13(18)16-12-9(2)5-4-6-11(12)14/h4-6,10,17H,3,7-8H2,1-2H3,(H2,15,16,18)/t10-/m1/s1. The summed E-state index contributed by atoms with van der Waals surface area (Å²) in [6.07, 6.45) is 0.866. The molecule has 0 unspecified atom stereocenters. The van der Waals surface area contributed by atoms with Crippen molar-refractivity contribution in [2.45, 2.75) is 32.8 Å². The monoisotopic (exact) mass is 270 g/mol. The molecule has 2 amide bonds. The second kappa shape index (κ2) is 7.24. The molecule has 1 aromatic carbocycles. The number of carbonyl (C=O) groups excluding carboxylic acids is 1. The van der Waals surface area contributed by atoms with Gasteiger partial charge in [0.15, 0.2) is 0 Å². The molecule has 0 fully saturated rings. The van der Waals surface area contributed by atoms with Crippen molar-refractivity contribution >= 4 is 23.3 Å². The average Bonchev–Trinajstić information content (AvgIpc) is 2.34. The van der Waals surface area contributed by atoms with E-state index in [1.165, 1.54) is 0 Å². The van der Waals surface area contributed by atoms with Gasteiger partial charge >= 0.3 is 6.03 Å². The third kappa shape index (κ3) is 4.55. The first kappa shape index (κ1) is 14.8. The van der Waals surface area contributed by atoms with Gasteiger partial charge in [-0.2, -0.15) is 0 Å². The van der Waals surface area contributed by atoms with E-state index >= 15 is 0 Å². The van der Waals surface area contributed by atoms with Crippen molar-refractivity contribution in [1.29, 1.82) is 0 Å². The number of urea groups is 1. The Balaban J connectivity index is 2.45. The highest BCUT2D eigenvalue weighted by Gasteiger charge is 2.08. The lowest BCUT2D eigenvalue weighted by Gasteiger charge is -2.12. The van der Waals surface area contributed by atoms with E-state index in [9.17, 15) is 9.90 Å². The van der Waals surface area contributed by atoms with Gasteiger partial charge in [-0.3, -0.25) is 0 Å². The van der Waals surface area contributed by atoms with Crippen LogP contribution in [0, 0.1) is 6.92 Å². The van der Waals surface area contributed by atoms with E-state index in [1.54, 1.807) is 6.07 Å². The third-order valence-electron chi connectivity index (χ3n) is 2.69. The highest BCUT2D eigenvalue weighted by atomic mass is 35.5. The van der Waals surface area contributed by atoms with Gasteiger partial charge in [-0.1, -0.05) is 30.7 Å². The van der Waals surface area contributed by atoms with Crippen molar-refractivity contribution in [3.05, 3.63) is 28.8 Å². The summed E-state index contributed by atoms with van der Waals surface area (Å²) in [5.41, 5.74) is 1.53. The quantitative estimate of drug-likeness (QED) is 0.770. The number of anilines is 1. The molecule has 0 saturated carbocycles. The van der Waals surface area contributed by atoms with Crippen LogP contribution in [0.2, 0.25) is 5.02 Å². The molecule has 0 radical (unpaired) electrons. The van der Waals surface area contributed by atoms with E-state index in [4.69, 9.17) is 11.6 Å². The van der Waals surface area contributed by atoms with Gasteiger partial charge < -0.3 is 15.7 Å². The zero-order valence-corrected chi connectivity index (χ0v) is 11.4. The summed E-state index contributed by atoms with van der Waals surface area (Å²) in [4.78, 5) is 11.6. The number of benzene rings is 1. The van der Waals surface area contributed by atoms with Gasteiger partial charge in [0.1, 0.15) is 0 Å². The molecule has 0 aromatic heterocycles. The molecule has 100 valence electrons. The molecule has 1 rings (SSSR count). The van der Waals surface area contributed by atoms with E-state index in [0.717, 1.165) is 5.56 Å². The molecule has 3 N–H and O–H groups in total. The SMILES string of the molecule is CC[C@@H](O)CCNC(=O)Nc1c(C)cccc1Cl. The van der Waals surface area contributed by atoms with E-state index < -0.39 is 0 Å². The van der Waals surface area contributed by atoms with Crippen LogP contribution in [0.25, 0.3) is 0 Å². The molecule has 0 saturated heterocycles. The van der Waals surface area contributed by atoms with Crippen molar-refractivity contribution in [2.75, 3.05) is 11.9 Å².